The fourth-order valence-electron chi connectivity index (χ4n) is 4.30. The van der Waals surface area contributed by atoms with Gasteiger partial charge in [-0.2, -0.15) is 0 Å². The number of sulfone groups is 1. The minimum absolute atomic E-state index is 0.131. The Morgan fingerprint density at radius 2 is 1.74 bits per heavy atom. The summed E-state index contributed by atoms with van der Waals surface area (Å²) >= 11 is 0. The maximum absolute atomic E-state index is 12.2. The number of aromatic nitrogens is 1. The highest BCUT2D eigenvalue weighted by atomic mass is 32.2. The van der Waals surface area contributed by atoms with Crippen LogP contribution in [0.5, 0.6) is 0 Å². The summed E-state index contributed by atoms with van der Waals surface area (Å²) in [5.41, 5.74) is 0.655. The van der Waals surface area contributed by atoms with Crippen molar-refractivity contribution in [2.45, 2.75) is 81.9 Å². The summed E-state index contributed by atoms with van der Waals surface area (Å²) in [5, 5.41) is 0.131. The molecule has 0 aromatic carbocycles. The van der Waals surface area contributed by atoms with Gasteiger partial charge in [-0.15, -0.1) is 0 Å². The Balaban J connectivity index is 1.37. The van der Waals surface area contributed by atoms with Crippen molar-refractivity contribution in [2.75, 3.05) is 26.0 Å². The van der Waals surface area contributed by atoms with E-state index in [-0.39, 0.29) is 17.2 Å². The van der Waals surface area contributed by atoms with E-state index >= 15 is 0 Å². The van der Waals surface area contributed by atoms with E-state index in [9.17, 15) is 13.2 Å². The predicted octanol–water partition coefficient (Wildman–Crippen LogP) is 4.18. The number of carbonyl (C=O) groups is 1. The first-order chi connectivity index (χ1) is 14.5. The highest BCUT2D eigenvalue weighted by molar-refractivity contribution is 7.90. The Morgan fingerprint density at radius 1 is 1.10 bits per heavy atom. The SMILES string of the molecule is CC(C)(C)OC(=O)N1CCC(COC2CCC(c3ccc(S(C)(=O)=O)nc3)CC2)CC1. The van der Waals surface area contributed by atoms with E-state index in [1.54, 1.807) is 17.2 Å². The highest BCUT2D eigenvalue weighted by Crippen LogP contribution is 2.34. The van der Waals surface area contributed by atoms with Gasteiger partial charge in [0.05, 0.1) is 6.10 Å². The summed E-state index contributed by atoms with van der Waals surface area (Å²) in [6.07, 6.45) is 8.93. The maximum Gasteiger partial charge on any atom is 0.410 e. The van der Waals surface area contributed by atoms with E-state index in [2.05, 4.69) is 4.98 Å². The number of hydrogen-bond donors (Lipinski definition) is 0. The third-order valence-corrected chi connectivity index (χ3v) is 7.12. The van der Waals surface area contributed by atoms with Crippen molar-refractivity contribution in [1.29, 1.82) is 0 Å². The number of piperidine rings is 1. The van der Waals surface area contributed by atoms with Crippen LogP contribution in [0.4, 0.5) is 4.79 Å². The van der Waals surface area contributed by atoms with Gasteiger partial charge in [0.1, 0.15) is 5.60 Å². The number of likely N-dealkylation sites (tertiary alicyclic amines) is 1. The van der Waals surface area contributed by atoms with E-state index in [1.165, 1.54) is 6.26 Å². The van der Waals surface area contributed by atoms with Crippen molar-refractivity contribution in [2.24, 2.45) is 5.92 Å². The number of rotatable bonds is 5. The molecular formula is C23H36N2O5S. The molecular weight excluding hydrogens is 416 g/mol. The molecule has 0 radical (unpaired) electrons. The Labute approximate surface area is 186 Å². The standard InChI is InChI=1S/C23H36N2O5S/c1-23(2,3)30-22(26)25-13-11-17(12-14-25)16-29-20-8-5-18(6-9-20)19-7-10-21(24-15-19)31(4,27)28/h7,10,15,17-18,20H,5-6,8-9,11-14,16H2,1-4H3. The highest BCUT2D eigenvalue weighted by Gasteiger charge is 2.28. The second-order valence-corrected chi connectivity index (χ2v) is 11.9. The van der Waals surface area contributed by atoms with Crippen LogP contribution in [0.1, 0.15) is 70.8 Å². The molecule has 3 rings (SSSR count). The summed E-state index contributed by atoms with van der Waals surface area (Å²) in [4.78, 5) is 18.1. The molecule has 1 aromatic heterocycles. The number of amides is 1. The third kappa shape index (κ3) is 7.17. The van der Waals surface area contributed by atoms with Gasteiger partial charge in [0.2, 0.25) is 0 Å². The molecule has 0 spiro atoms. The molecule has 2 aliphatic rings. The van der Waals surface area contributed by atoms with Crippen molar-refractivity contribution < 1.29 is 22.7 Å². The number of pyridine rings is 1. The largest absolute Gasteiger partial charge is 0.444 e. The van der Waals surface area contributed by atoms with Crippen LogP contribution in [-0.4, -0.2) is 62.1 Å². The van der Waals surface area contributed by atoms with E-state index in [4.69, 9.17) is 9.47 Å². The smallest absolute Gasteiger partial charge is 0.410 e. The van der Waals surface area contributed by atoms with Crippen LogP contribution in [0, 0.1) is 5.92 Å². The molecule has 1 aromatic rings. The minimum Gasteiger partial charge on any atom is -0.444 e. The maximum atomic E-state index is 12.2. The molecule has 1 saturated carbocycles. The lowest BCUT2D eigenvalue weighted by Crippen LogP contribution is -2.42. The van der Waals surface area contributed by atoms with Crippen LogP contribution in [0.2, 0.25) is 0 Å². The molecule has 0 unspecified atom stereocenters. The first kappa shape index (κ1) is 24.0. The molecule has 8 heteroatoms. The van der Waals surface area contributed by atoms with Gasteiger partial charge in [-0.05, 0) is 82.8 Å². The number of nitrogens with zero attached hydrogens (tertiary/aromatic N) is 2. The first-order valence-electron chi connectivity index (χ1n) is 11.3. The fraction of sp³-hybridized carbons (Fsp3) is 0.739. The second kappa shape index (κ2) is 9.86. The van der Waals surface area contributed by atoms with Gasteiger partial charge in [0.15, 0.2) is 14.9 Å². The van der Waals surface area contributed by atoms with Crippen LogP contribution < -0.4 is 0 Å². The zero-order valence-corrected chi connectivity index (χ0v) is 20.0. The lowest BCUT2D eigenvalue weighted by molar-refractivity contribution is -0.0143. The molecule has 2 heterocycles. The van der Waals surface area contributed by atoms with E-state index in [1.807, 2.05) is 26.8 Å². The van der Waals surface area contributed by atoms with Crippen LogP contribution in [-0.2, 0) is 19.3 Å². The lowest BCUT2D eigenvalue weighted by Gasteiger charge is -2.34. The topological polar surface area (TPSA) is 85.8 Å². The molecule has 31 heavy (non-hydrogen) atoms. The fourth-order valence-corrected chi connectivity index (χ4v) is 4.86. The van der Waals surface area contributed by atoms with Crippen molar-refractivity contribution in [3.8, 4) is 0 Å². The summed E-state index contributed by atoms with van der Waals surface area (Å²) < 4.78 is 34.8. The van der Waals surface area contributed by atoms with E-state index < -0.39 is 15.4 Å². The third-order valence-electron chi connectivity index (χ3n) is 6.12. The van der Waals surface area contributed by atoms with E-state index in [0.717, 1.165) is 63.8 Å². The molecule has 1 aliphatic heterocycles. The number of ether oxygens (including phenoxy) is 2. The molecule has 0 N–H and O–H groups in total. The van der Waals surface area contributed by atoms with Crippen molar-refractivity contribution in [3.05, 3.63) is 23.9 Å². The summed E-state index contributed by atoms with van der Waals surface area (Å²) in [6, 6.07) is 3.50. The first-order valence-corrected chi connectivity index (χ1v) is 13.2. The van der Waals surface area contributed by atoms with Gasteiger partial charge in [-0.1, -0.05) is 6.07 Å². The monoisotopic (exact) mass is 452 g/mol. The summed E-state index contributed by atoms with van der Waals surface area (Å²) in [7, 11) is -3.25. The summed E-state index contributed by atoms with van der Waals surface area (Å²) in [6.45, 7) is 7.88. The van der Waals surface area contributed by atoms with Crippen LogP contribution >= 0.6 is 0 Å². The molecule has 0 bridgehead atoms. The van der Waals surface area contributed by atoms with E-state index in [0.29, 0.717) is 11.8 Å². The van der Waals surface area contributed by atoms with Crippen molar-refractivity contribution in [3.63, 3.8) is 0 Å². The molecule has 7 nitrogen and oxygen atoms in total. The van der Waals surface area contributed by atoms with Gasteiger partial charge in [-0.3, -0.25) is 0 Å². The molecule has 1 aliphatic carbocycles. The zero-order valence-electron chi connectivity index (χ0n) is 19.2. The Bertz CT molecular complexity index is 832. The van der Waals surface area contributed by atoms with Crippen LogP contribution in [0.15, 0.2) is 23.4 Å². The average Bonchev–Trinajstić information content (AvgIpc) is 2.71. The molecule has 0 atom stereocenters. The van der Waals surface area contributed by atoms with Gasteiger partial charge >= 0.3 is 6.09 Å². The van der Waals surface area contributed by atoms with Gasteiger partial charge in [0, 0.05) is 32.1 Å². The zero-order chi connectivity index (χ0) is 22.6. The number of hydrogen-bond acceptors (Lipinski definition) is 6. The molecule has 174 valence electrons. The second-order valence-electron chi connectivity index (χ2n) is 9.92. The van der Waals surface area contributed by atoms with Crippen molar-refractivity contribution >= 4 is 15.9 Å². The Kier molecular flexibility index (Phi) is 7.63. The quantitative estimate of drug-likeness (QED) is 0.666. The lowest BCUT2D eigenvalue weighted by atomic mass is 9.83. The minimum atomic E-state index is -3.25. The van der Waals surface area contributed by atoms with Crippen molar-refractivity contribution in [1.82, 2.24) is 9.88 Å². The number of carbonyl (C=O) groups excluding carboxylic acids is 1. The van der Waals surface area contributed by atoms with Crippen LogP contribution in [0.3, 0.4) is 0 Å². The molecule has 1 amide bonds. The van der Waals surface area contributed by atoms with Gasteiger partial charge in [-0.25, -0.2) is 18.2 Å². The molecule has 1 saturated heterocycles. The Hall–Kier alpha value is -1.67. The van der Waals surface area contributed by atoms with Crippen LogP contribution in [0.25, 0.3) is 0 Å². The average molecular weight is 453 g/mol. The molecule has 2 fully saturated rings. The normalized spacial score (nSPS) is 23.5. The van der Waals surface area contributed by atoms with Gasteiger partial charge in [0.25, 0.3) is 0 Å². The Morgan fingerprint density at radius 3 is 2.26 bits per heavy atom. The van der Waals surface area contributed by atoms with Gasteiger partial charge < -0.3 is 14.4 Å². The predicted molar refractivity (Wildman–Crippen MR) is 119 cm³/mol. The summed E-state index contributed by atoms with van der Waals surface area (Å²) in [5.74, 6) is 0.905.